The van der Waals surface area contributed by atoms with Gasteiger partial charge in [-0.3, -0.25) is 4.79 Å². The van der Waals surface area contributed by atoms with E-state index in [1.54, 1.807) is 0 Å². The fraction of sp³-hybridized carbons (Fsp3) is 0.316. The monoisotopic (exact) mass is 312 g/mol. The smallest absolute Gasteiger partial charge is 0.310 e. The van der Waals surface area contributed by atoms with Crippen LogP contribution in [0.15, 0.2) is 36.4 Å². The summed E-state index contributed by atoms with van der Waals surface area (Å²) in [6.45, 7) is 5.44. The molecule has 2 aromatic carbocycles. The summed E-state index contributed by atoms with van der Waals surface area (Å²) < 4.78 is 16.4. The van der Waals surface area contributed by atoms with E-state index >= 15 is 0 Å². The maximum Gasteiger partial charge on any atom is 0.310 e. The van der Waals surface area contributed by atoms with Gasteiger partial charge in [-0.2, -0.15) is 0 Å². The summed E-state index contributed by atoms with van der Waals surface area (Å²) in [6.07, 6.45) is 0.224. The van der Waals surface area contributed by atoms with Gasteiger partial charge in [0.1, 0.15) is 19.8 Å². The molecular weight excluding hydrogens is 292 g/mol. The van der Waals surface area contributed by atoms with Crippen molar-refractivity contribution < 1.29 is 19.0 Å². The van der Waals surface area contributed by atoms with Gasteiger partial charge in [0.15, 0.2) is 11.5 Å². The molecule has 0 bridgehead atoms. The highest BCUT2D eigenvalue weighted by Gasteiger charge is 2.14. The predicted octanol–water partition coefficient (Wildman–Crippen LogP) is 3.36. The zero-order chi connectivity index (χ0) is 16.2. The topological polar surface area (TPSA) is 44.8 Å². The first kappa shape index (κ1) is 15.4. The molecule has 0 spiro atoms. The predicted molar refractivity (Wildman–Crippen MR) is 86.8 cm³/mol. The van der Waals surface area contributed by atoms with Gasteiger partial charge in [0.05, 0.1) is 6.42 Å². The summed E-state index contributed by atoms with van der Waals surface area (Å²) >= 11 is 0. The number of benzene rings is 2. The van der Waals surface area contributed by atoms with Crippen molar-refractivity contribution in [1.29, 1.82) is 0 Å². The molecule has 0 aliphatic carbocycles. The molecule has 0 N–H and O–H groups in total. The zero-order valence-electron chi connectivity index (χ0n) is 13.4. The van der Waals surface area contributed by atoms with Gasteiger partial charge in [-0.1, -0.05) is 29.8 Å². The third-order valence-electron chi connectivity index (χ3n) is 3.85. The van der Waals surface area contributed by atoms with Crippen LogP contribution in [0.4, 0.5) is 0 Å². The van der Waals surface area contributed by atoms with E-state index in [1.165, 1.54) is 0 Å². The van der Waals surface area contributed by atoms with Gasteiger partial charge < -0.3 is 14.2 Å². The molecule has 0 aromatic heterocycles. The van der Waals surface area contributed by atoms with Crippen molar-refractivity contribution in [2.45, 2.75) is 26.9 Å². The first-order chi connectivity index (χ1) is 11.1. The number of esters is 1. The van der Waals surface area contributed by atoms with Gasteiger partial charge >= 0.3 is 5.97 Å². The number of hydrogen-bond donors (Lipinski definition) is 0. The van der Waals surface area contributed by atoms with Crippen molar-refractivity contribution >= 4 is 5.97 Å². The van der Waals surface area contributed by atoms with Crippen LogP contribution in [0.2, 0.25) is 0 Å². The van der Waals surface area contributed by atoms with Gasteiger partial charge in [-0.15, -0.1) is 0 Å². The molecule has 1 aliphatic heterocycles. The van der Waals surface area contributed by atoms with E-state index in [1.807, 2.05) is 44.2 Å². The van der Waals surface area contributed by atoms with Crippen LogP contribution in [-0.4, -0.2) is 19.2 Å². The summed E-state index contributed by atoms with van der Waals surface area (Å²) in [5.41, 5.74) is 4.19. The van der Waals surface area contributed by atoms with Crippen molar-refractivity contribution in [3.05, 3.63) is 58.7 Å². The second kappa shape index (κ2) is 6.73. The van der Waals surface area contributed by atoms with Crippen molar-refractivity contribution in [1.82, 2.24) is 0 Å². The van der Waals surface area contributed by atoms with Crippen LogP contribution in [-0.2, 0) is 22.6 Å². The first-order valence-corrected chi connectivity index (χ1v) is 7.72. The lowest BCUT2D eigenvalue weighted by molar-refractivity contribution is -0.144. The van der Waals surface area contributed by atoms with E-state index in [0.29, 0.717) is 25.6 Å². The number of rotatable bonds is 4. The van der Waals surface area contributed by atoms with E-state index < -0.39 is 0 Å². The Kier molecular flexibility index (Phi) is 4.51. The van der Waals surface area contributed by atoms with Gasteiger partial charge in [-0.05, 0) is 42.7 Å². The normalized spacial score (nSPS) is 12.8. The van der Waals surface area contributed by atoms with Gasteiger partial charge in [0.25, 0.3) is 0 Å². The van der Waals surface area contributed by atoms with Crippen LogP contribution in [0, 0.1) is 13.8 Å². The Morgan fingerprint density at radius 3 is 2.65 bits per heavy atom. The molecule has 120 valence electrons. The highest BCUT2D eigenvalue weighted by atomic mass is 16.6. The van der Waals surface area contributed by atoms with Gasteiger partial charge in [-0.25, -0.2) is 0 Å². The summed E-state index contributed by atoms with van der Waals surface area (Å²) in [5, 5.41) is 0. The average molecular weight is 312 g/mol. The molecule has 4 heteroatoms. The number of carbonyl (C=O) groups is 1. The van der Waals surface area contributed by atoms with Crippen molar-refractivity contribution in [2.24, 2.45) is 0 Å². The Hall–Kier alpha value is -2.49. The minimum atomic E-state index is -0.248. The Balaban J connectivity index is 1.60. The molecule has 0 radical (unpaired) electrons. The highest BCUT2D eigenvalue weighted by molar-refractivity contribution is 5.73. The summed E-state index contributed by atoms with van der Waals surface area (Å²) in [6, 6.07) is 11.7. The molecule has 23 heavy (non-hydrogen) atoms. The quantitative estimate of drug-likeness (QED) is 0.812. The standard InChI is InChI=1S/C19H20O4/c1-13-3-4-14(2)16(9-13)12-23-19(20)11-15-5-6-17-18(10-15)22-8-7-21-17/h3-6,9-10H,7-8,11-12H2,1-2H3. The second-order valence-corrected chi connectivity index (χ2v) is 5.75. The lowest BCUT2D eigenvalue weighted by atomic mass is 10.1. The third kappa shape index (κ3) is 3.83. The van der Waals surface area contributed by atoms with E-state index in [2.05, 4.69) is 6.07 Å². The van der Waals surface area contributed by atoms with Crippen molar-refractivity contribution in [3.63, 3.8) is 0 Å². The molecule has 3 rings (SSSR count). The van der Waals surface area contributed by atoms with Crippen LogP contribution in [0.25, 0.3) is 0 Å². The molecule has 0 saturated carbocycles. The molecule has 0 unspecified atom stereocenters. The summed E-state index contributed by atoms with van der Waals surface area (Å²) in [4.78, 5) is 12.1. The molecule has 0 fully saturated rings. The van der Waals surface area contributed by atoms with Crippen LogP contribution in [0.1, 0.15) is 22.3 Å². The van der Waals surface area contributed by atoms with Crippen LogP contribution >= 0.6 is 0 Å². The summed E-state index contributed by atoms with van der Waals surface area (Å²) in [5.74, 6) is 1.17. The zero-order valence-corrected chi connectivity index (χ0v) is 13.4. The molecule has 0 atom stereocenters. The average Bonchev–Trinajstić information content (AvgIpc) is 2.55. The number of hydrogen-bond acceptors (Lipinski definition) is 4. The molecule has 4 nitrogen and oxygen atoms in total. The van der Waals surface area contributed by atoms with Gasteiger partial charge in [0.2, 0.25) is 0 Å². The number of aryl methyl sites for hydroxylation is 2. The van der Waals surface area contributed by atoms with E-state index in [4.69, 9.17) is 14.2 Å². The number of carbonyl (C=O) groups excluding carboxylic acids is 1. The van der Waals surface area contributed by atoms with E-state index in [-0.39, 0.29) is 12.4 Å². The molecule has 0 saturated heterocycles. The Morgan fingerprint density at radius 2 is 1.83 bits per heavy atom. The minimum Gasteiger partial charge on any atom is -0.486 e. The van der Waals surface area contributed by atoms with Crippen molar-refractivity contribution in [2.75, 3.05) is 13.2 Å². The van der Waals surface area contributed by atoms with Crippen molar-refractivity contribution in [3.8, 4) is 11.5 Å². The molecule has 0 amide bonds. The highest BCUT2D eigenvalue weighted by Crippen LogP contribution is 2.30. The summed E-state index contributed by atoms with van der Waals surface area (Å²) in [7, 11) is 0. The molecule has 1 heterocycles. The van der Waals surface area contributed by atoms with Crippen LogP contribution in [0.3, 0.4) is 0 Å². The fourth-order valence-corrected chi connectivity index (χ4v) is 2.53. The first-order valence-electron chi connectivity index (χ1n) is 7.72. The fourth-order valence-electron chi connectivity index (χ4n) is 2.53. The molecule has 2 aromatic rings. The second-order valence-electron chi connectivity index (χ2n) is 5.75. The molecule has 1 aliphatic rings. The van der Waals surface area contributed by atoms with E-state index in [0.717, 1.165) is 28.0 Å². The minimum absolute atomic E-state index is 0.224. The Morgan fingerprint density at radius 1 is 1.04 bits per heavy atom. The lowest BCUT2D eigenvalue weighted by Gasteiger charge is -2.18. The Bertz CT molecular complexity index is 721. The largest absolute Gasteiger partial charge is 0.486 e. The van der Waals surface area contributed by atoms with Crippen LogP contribution < -0.4 is 9.47 Å². The third-order valence-corrected chi connectivity index (χ3v) is 3.85. The van der Waals surface area contributed by atoms with Gasteiger partial charge in [0, 0.05) is 0 Å². The van der Waals surface area contributed by atoms with Crippen LogP contribution in [0.5, 0.6) is 11.5 Å². The maximum absolute atomic E-state index is 12.1. The SMILES string of the molecule is Cc1ccc(C)c(COC(=O)Cc2ccc3c(c2)OCCO3)c1. The maximum atomic E-state index is 12.1. The lowest BCUT2D eigenvalue weighted by Crippen LogP contribution is -2.16. The van der Waals surface area contributed by atoms with E-state index in [9.17, 15) is 4.79 Å². The number of ether oxygens (including phenoxy) is 3. The molecular formula is C19H20O4. The number of fused-ring (bicyclic) bond motifs is 1. The Labute approximate surface area is 136 Å².